The van der Waals surface area contributed by atoms with Crippen molar-refractivity contribution in [2.45, 2.75) is 25.4 Å². The van der Waals surface area contributed by atoms with Gasteiger partial charge in [-0.3, -0.25) is 14.5 Å². The van der Waals surface area contributed by atoms with Crippen molar-refractivity contribution in [2.24, 2.45) is 0 Å². The first-order valence-corrected chi connectivity index (χ1v) is 7.93. The molecule has 4 rings (SSSR count). The highest BCUT2D eigenvalue weighted by Crippen LogP contribution is 2.31. The Bertz CT molecular complexity index is 827. The molecule has 1 fully saturated rings. The molecule has 2 aromatic heterocycles. The second-order valence-electron chi connectivity index (χ2n) is 5.89. The molecule has 1 amide bonds. The van der Waals surface area contributed by atoms with Crippen LogP contribution in [-0.4, -0.2) is 32.1 Å². The number of rotatable bonds is 3. The van der Waals surface area contributed by atoms with Crippen LogP contribution in [0.15, 0.2) is 55.0 Å². The molecule has 0 spiro atoms. The summed E-state index contributed by atoms with van der Waals surface area (Å²) in [6.07, 6.45) is 7.44. The summed E-state index contributed by atoms with van der Waals surface area (Å²) in [6, 6.07) is 12.1. The number of amides is 1. The summed E-state index contributed by atoms with van der Waals surface area (Å²) in [5.41, 5.74) is 2.16. The van der Waals surface area contributed by atoms with E-state index in [1.807, 2.05) is 47.5 Å². The molecule has 116 valence electrons. The molecule has 5 nitrogen and oxygen atoms in total. The fourth-order valence-electron chi connectivity index (χ4n) is 3.37. The predicted octanol–water partition coefficient (Wildman–Crippen LogP) is 2.80. The lowest BCUT2D eigenvalue weighted by atomic mass is 10.1. The van der Waals surface area contributed by atoms with Gasteiger partial charge >= 0.3 is 0 Å². The maximum Gasteiger partial charge on any atom is 0.244 e. The summed E-state index contributed by atoms with van der Waals surface area (Å²) in [7, 11) is 0. The van der Waals surface area contributed by atoms with Crippen LogP contribution in [0.2, 0.25) is 0 Å². The number of carbonyl (C=O) groups excluding carboxylic acids is 1. The number of fused-ring (bicyclic) bond motifs is 1. The number of likely N-dealkylation sites (tertiary alicyclic amines) is 1. The number of hydrogen-bond donors (Lipinski definition) is 0. The zero-order valence-corrected chi connectivity index (χ0v) is 12.8. The van der Waals surface area contributed by atoms with Crippen molar-refractivity contribution < 1.29 is 4.79 Å². The first-order chi connectivity index (χ1) is 11.3. The zero-order chi connectivity index (χ0) is 15.6. The first-order valence-electron chi connectivity index (χ1n) is 7.93. The highest BCUT2D eigenvalue weighted by Gasteiger charge is 2.30. The Labute approximate surface area is 134 Å². The van der Waals surface area contributed by atoms with Crippen LogP contribution in [0.3, 0.4) is 0 Å². The topological polar surface area (TPSA) is 51.0 Å². The number of hydrogen-bond acceptors (Lipinski definition) is 3. The molecule has 23 heavy (non-hydrogen) atoms. The van der Waals surface area contributed by atoms with E-state index < -0.39 is 0 Å². The molecule has 1 aliphatic heterocycles. The van der Waals surface area contributed by atoms with Gasteiger partial charge in [0.25, 0.3) is 0 Å². The Kier molecular flexibility index (Phi) is 3.54. The highest BCUT2D eigenvalue weighted by atomic mass is 16.2. The van der Waals surface area contributed by atoms with Crippen molar-refractivity contribution in [1.82, 2.24) is 19.7 Å². The van der Waals surface area contributed by atoms with E-state index in [-0.39, 0.29) is 18.5 Å². The number of nitrogens with zero attached hydrogens (tertiary/aromatic N) is 4. The third-order valence-corrected chi connectivity index (χ3v) is 4.50. The summed E-state index contributed by atoms with van der Waals surface area (Å²) in [4.78, 5) is 18.8. The number of benzene rings is 1. The Morgan fingerprint density at radius 3 is 2.87 bits per heavy atom. The maximum atomic E-state index is 12.8. The van der Waals surface area contributed by atoms with Crippen LogP contribution in [0.4, 0.5) is 0 Å². The monoisotopic (exact) mass is 306 g/mol. The third kappa shape index (κ3) is 2.59. The summed E-state index contributed by atoms with van der Waals surface area (Å²) in [6.45, 7) is 1.10. The van der Waals surface area contributed by atoms with Gasteiger partial charge in [0, 0.05) is 24.3 Å². The summed E-state index contributed by atoms with van der Waals surface area (Å²) >= 11 is 0. The van der Waals surface area contributed by atoms with Crippen molar-refractivity contribution in [1.29, 1.82) is 0 Å². The number of para-hydroxylation sites is 1. The maximum absolute atomic E-state index is 12.8. The predicted molar refractivity (Wildman–Crippen MR) is 87.7 cm³/mol. The lowest BCUT2D eigenvalue weighted by Crippen LogP contribution is -2.33. The van der Waals surface area contributed by atoms with E-state index in [9.17, 15) is 4.79 Å². The van der Waals surface area contributed by atoms with Crippen molar-refractivity contribution in [2.75, 3.05) is 6.54 Å². The molecule has 0 saturated carbocycles. The van der Waals surface area contributed by atoms with Crippen LogP contribution < -0.4 is 0 Å². The molecule has 3 aromatic rings. The van der Waals surface area contributed by atoms with E-state index in [2.05, 4.69) is 10.1 Å². The Balaban J connectivity index is 1.56. The molecule has 0 bridgehead atoms. The Hall–Kier alpha value is -2.69. The van der Waals surface area contributed by atoms with Gasteiger partial charge in [0.2, 0.25) is 5.91 Å². The summed E-state index contributed by atoms with van der Waals surface area (Å²) in [5, 5.41) is 5.43. The molecule has 1 unspecified atom stereocenters. The quantitative estimate of drug-likeness (QED) is 0.747. The number of pyridine rings is 1. The third-order valence-electron chi connectivity index (χ3n) is 4.50. The molecule has 1 saturated heterocycles. The van der Waals surface area contributed by atoms with Crippen molar-refractivity contribution in [3.8, 4) is 0 Å². The molecular weight excluding hydrogens is 288 g/mol. The van der Waals surface area contributed by atoms with Gasteiger partial charge in [-0.1, -0.05) is 18.2 Å². The highest BCUT2D eigenvalue weighted by molar-refractivity contribution is 5.82. The van der Waals surface area contributed by atoms with Crippen LogP contribution in [0, 0.1) is 0 Å². The zero-order valence-electron chi connectivity index (χ0n) is 12.8. The molecule has 5 heteroatoms. The van der Waals surface area contributed by atoms with E-state index in [0.29, 0.717) is 0 Å². The van der Waals surface area contributed by atoms with E-state index in [4.69, 9.17) is 0 Å². The van der Waals surface area contributed by atoms with Gasteiger partial charge in [0.1, 0.15) is 6.54 Å². The smallest absolute Gasteiger partial charge is 0.244 e. The van der Waals surface area contributed by atoms with Gasteiger partial charge in [-0.25, -0.2) is 0 Å². The SMILES string of the molecule is O=C(Cn1ncc2ccccc21)N1CCCC1c1ccncc1. The second-order valence-corrected chi connectivity index (χ2v) is 5.89. The molecule has 0 N–H and O–H groups in total. The molecule has 0 aliphatic carbocycles. The van der Waals surface area contributed by atoms with Gasteiger partial charge in [-0.2, -0.15) is 5.10 Å². The lowest BCUT2D eigenvalue weighted by Gasteiger charge is -2.25. The van der Waals surface area contributed by atoms with E-state index in [1.54, 1.807) is 17.1 Å². The molecule has 0 radical (unpaired) electrons. The van der Waals surface area contributed by atoms with Crippen molar-refractivity contribution in [3.05, 3.63) is 60.6 Å². The first kappa shape index (κ1) is 13.9. The number of carbonyl (C=O) groups is 1. The average molecular weight is 306 g/mol. The molecule has 1 aromatic carbocycles. The molecule has 3 heterocycles. The second kappa shape index (κ2) is 5.83. The van der Waals surface area contributed by atoms with Crippen LogP contribution in [0.25, 0.3) is 10.9 Å². The minimum Gasteiger partial charge on any atom is -0.334 e. The summed E-state index contributed by atoms with van der Waals surface area (Å²) in [5.74, 6) is 0.123. The standard InChI is InChI=1S/C18H18N4O/c23-18(13-22-17-5-2-1-4-15(17)12-20-22)21-11-3-6-16(21)14-7-9-19-10-8-14/h1-2,4-5,7-10,12,16H,3,6,11,13H2. The van der Waals surface area contributed by atoms with Crippen molar-refractivity contribution in [3.63, 3.8) is 0 Å². The van der Waals surface area contributed by atoms with Crippen LogP contribution >= 0.6 is 0 Å². The van der Waals surface area contributed by atoms with Gasteiger partial charge in [-0.05, 0) is 36.6 Å². The van der Waals surface area contributed by atoms with Gasteiger partial charge < -0.3 is 4.90 Å². The largest absolute Gasteiger partial charge is 0.334 e. The van der Waals surface area contributed by atoms with Gasteiger partial charge in [-0.15, -0.1) is 0 Å². The Morgan fingerprint density at radius 2 is 2.00 bits per heavy atom. The minimum atomic E-state index is 0.123. The number of aromatic nitrogens is 3. The normalized spacial score (nSPS) is 17.7. The fourth-order valence-corrected chi connectivity index (χ4v) is 3.37. The fraction of sp³-hybridized carbons (Fsp3) is 0.278. The van der Waals surface area contributed by atoms with Crippen LogP contribution in [0.1, 0.15) is 24.4 Å². The average Bonchev–Trinajstić information content (AvgIpc) is 3.23. The Morgan fingerprint density at radius 1 is 1.17 bits per heavy atom. The summed E-state index contributed by atoms with van der Waals surface area (Å²) < 4.78 is 1.79. The van der Waals surface area contributed by atoms with Crippen molar-refractivity contribution >= 4 is 16.8 Å². The molecular formula is C18H18N4O. The lowest BCUT2D eigenvalue weighted by molar-refractivity contribution is -0.132. The van der Waals surface area contributed by atoms with Gasteiger partial charge in [0.05, 0.1) is 17.8 Å². The van der Waals surface area contributed by atoms with Crippen LogP contribution in [0.5, 0.6) is 0 Å². The minimum absolute atomic E-state index is 0.123. The van der Waals surface area contributed by atoms with Gasteiger partial charge in [0.15, 0.2) is 0 Å². The van der Waals surface area contributed by atoms with Crippen LogP contribution in [-0.2, 0) is 11.3 Å². The van der Waals surface area contributed by atoms with E-state index in [1.165, 1.54) is 0 Å². The molecule has 1 atom stereocenters. The van der Waals surface area contributed by atoms with E-state index in [0.717, 1.165) is 35.9 Å². The molecule has 1 aliphatic rings. The van der Waals surface area contributed by atoms with E-state index >= 15 is 0 Å².